The lowest BCUT2D eigenvalue weighted by Gasteiger charge is -2.17. The van der Waals surface area contributed by atoms with Crippen molar-refractivity contribution in [2.75, 3.05) is 22.4 Å². The lowest BCUT2D eigenvalue weighted by atomic mass is 10.1. The van der Waals surface area contributed by atoms with E-state index in [4.69, 9.17) is 0 Å². The van der Waals surface area contributed by atoms with Gasteiger partial charge in [0.1, 0.15) is 0 Å². The molecule has 0 bridgehead atoms. The Bertz CT molecular complexity index is 875. The maximum Gasteiger partial charge on any atom is 0.255 e. The summed E-state index contributed by atoms with van der Waals surface area (Å²) in [5.41, 5.74) is 3.77. The third-order valence-corrected chi connectivity index (χ3v) is 5.06. The van der Waals surface area contributed by atoms with Crippen molar-refractivity contribution in [3.8, 4) is 0 Å². The van der Waals surface area contributed by atoms with Crippen LogP contribution in [0.25, 0.3) is 0 Å². The Morgan fingerprint density at radius 3 is 2.65 bits per heavy atom. The highest BCUT2D eigenvalue weighted by Crippen LogP contribution is 2.31. The maximum absolute atomic E-state index is 12.4. The second kappa shape index (κ2) is 5.70. The summed E-state index contributed by atoms with van der Waals surface area (Å²) in [5, 5.41) is 2.84. The molecule has 2 aromatic carbocycles. The monoisotopic (exact) mass is 330 g/mol. The summed E-state index contributed by atoms with van der Waals surface area (Å²) >= 11 is 0. The van der Waals surface area contributed by atoms with Crippen molar-refractivity contribution < 1.29 is 13.2 Å². The van der Waals surface area contributed by atoms with Crippen LogP contribution in [-0.4, -0.2) is 27.1 Å². The largest absolute Gasteiger partial charge is 0.322 e. The number of amides is 1. The number of aryl methyl sites for hydroxylation is 1. The highest BCUT2D eigenvalue weighted by atomic mass is 32.2. The number of anilines is 2. The van der Waals surface area contributed by atoms with Crippen LogP contribution in [0.3, 0.4) is 0 Å². The number of nitrogens with one attached hydrogen (secondary N) is 1. The van der Waals surface area contributed by atoms with Gasteiger partial charge in [-0.05, 0) is 48.7 Å². The average molecular weight is 330 g/mol. The minimum Gasteiger partial charge on any atom is -0.322 e. The molecule has 5 nitrogen and oxygen atoms in total. The summed E-state index contributed by atoms with van der Waals surface area (Å²) in [6.07, 6.45) is 1.85. The van der Waals surface area contributed by atoms with Crippen molar-refractivity contribution >= 4 is 27.3 Å². The van der Waals surface area contributed by atoms with Crippen molar-refractivity contribution in [2.45, 2.75) is 13.3 Å². The number of hydrogen-bond donors (Lipinski definition) is 1. The summed E-state index contributed by atoms with van der Waals surface area (Å²) in [5.74, 6) is -0.251. The molecule has 1 aliphatic heterocycles. The van der Waals surface area contributed by atoms with Crippen molar-refractivity contribution in [2.24, 2.45) is 0 Å². The van der Waals surface area contributed by atoms with E-state index in [1.807, 2.05) is 37.3 Å². The second-order valence-electron chi connectivity index (χ2n) is 5.75. The van der Waals surface area contributed by atoms with E-state index in [1.165, 1.54) is 10.6 Å². The molecule has 0 spiro atoms. The van der Waals surface area contributed by atoms with E-state index in [0.717, 1.165) is 16.8 Å². The van der Waals surface area contributed by atoms with Crippen LogP contribution in [0.2, 0.25) is 0 Å². The normalized spacial score (nSPS) is 13.7. The molecule has 6 heteroatoms. The number of nitrogens with zero attached hydrogens (tertiary/aromatic N) is 1. The second-order valence-corrected chi connectivity index (χ2v) is 7.66. The Balaban J connectivity index is 1.88. The SMILES string of the molecule is Cc1cccc(NC(=O)c2ccc3c(c2)N(S(C)(=O)=O)CC3)c1. The number of sulfonamides is 1. The standard InChI is InChI=1S/C17H18N2O3S/c1-12-4-3-5-15(10-12)18-17(20)14-7-6-13-8-9-19(16(13)11-14)23(2,21)22/h3-7,10-11H,8-9H2,1-2H3,(H,18,20). The van der Waals surface area contributed by atoms with Crippen LogP contribution in [0.15, 0.2) is 42.5 Å². The molecule has 1 aliphatic rings. The van der Waals surface area contributed by atoms with Crippen molar-refractivity contribution in [3.63, 3.8) is 0 Å². The lowest BCUT2D eigenvalue weighted by Crippen LogP contribution is -2.27. The molecule has 0 atom stereocenters. The quantitative estimate of drug-likeness (QED) is 0.940. The van der Waals surface area contributed by atoms with E-state index < -0.39 is 10.0 Å². The zero-order chi connectivity index (χ0) is 16.6. The van der Waals surface area contributed by atoms with Crippen molar-refractivity contribution in [1.82, 2.24) is 0 Å². The van der Waals surface area contributed by atoms with Gasteiger partial charge in [0, 0.05) is 17.8 Å². The third kappa shape index (κ3) is 3.22. The van der Waals surface area contributed by atoms with Gasteiger partial charge in [-0.25, -0.2) is 8.42 Å². The van der Waals surface area contributed by atoms with E-state index in [-0.39, 0.29) is 5.91 Å². The smallest absolute Gasteiger partial charge is 0.255 e. The summed E-state index contributed by atoms with van der Waals surface area (Å²) < 4.78 is 25.0. The Morgan fingerprint density at radius 1 is 1.17 bits per heavy atom. The first-order chi connectivity index (χ1) is 10.8. The molecule has 120 valence electrons. The molecule has 23 heavy (non-hydrogen) atoms. The van der Waals surface area contributed by atoms with Crippen molar-refractivity contribution in [3.05, 3.63) is 59.2 Å². The molecular formula is C17H18N2O3S. The summed E-state index contributed by atoms with van der Waals surface area (Å²) in [6.45, 7) is 2.38. The van der Waals surface area contributed by atoms with Gasteiger partial charge in [0.05, 0.1) is 11.9 Å². The predicted octanol–water partition coefficient (Wildman–Crippen LogP) is 2.57. The number of rotatable bonds is 3. The van der Waals surface area contributed by atoms with Crippen LogP contribution < -0.4 is 9.62 Å². The third-order valence-electron chi connectivity index (χ3n) is 3.88. The number of hydrogen-bond acceptors (Lipinski definition) is 3. The lowest BCUT2D eigenvalue weighted by molar-refractivity contribution is 0.102. The summed E-state index contributed by atoms with van der Waals surface area (Å²) in [7, 11) is -3.32. The Labute approximate surface area is 136 Å². The Morgan fingerprint density at radius 2 is 1.96 bits per heavy atom. The first kappa shape index (κ1) is 15.6. The average Bonchev–Trinajstić information content (AvgIpc) is 2.90. The molecule has 0 radical (unpaired) electrons. The first-order valence-corrected chi connectivity index (χ1v) is 9.18. The predicted molar refractivity (Wildman–Crippen MR) is 91.5 cm³/mol. The molecule has 0 unspecified atom stereocenters. The molecule has 1 amide bonds. The highest BCUT2D eigenvalue weighted by molar-refractivity contribution is 7.92. The Kier molecular flexibility index (Phi) is 3.85. The van der Waals surface area contributed by atoms with Crippen molar-refractivity contribution in [1.29, 1.82) is 0 Å². The summed E-state index contributed by atoms with van der Waals surface area (Å²) in [4.78, 5) is 12.4. The van der Waals surface area contributed by atoms with Gasteiger partial charge in [-0.2, -0.15) is 0 Å². The molecule has 0 saturated heterocycles. The molecule has 0 aliphatic carbocycles. The van der Waals surface area contributed by atoms with Crippen LogP contribution in [0, 0.1) is 6.92 Å². The highest BCUT2D eigenvalue weighted by Gasteiger charge is 2.26. The van der Waals surface area contributed by atoms with Gasteiger partial charge in [-0.15, -0.1) is 0 Å². The van der Waals surface area contributed by atoms with Crippen LogP contribution in [-0.2, 0) is 16.4 Å². The zero-order valence-electron chi connectivity index (χ0n) is 13.0. The van der Waals surface area contributed by atoms with Crippen LogP contribution >= 0.6 is 0 Å². The van der Waals surface area contributed by atoms with E-state index in [9.17, 15) is 13.2 Å². The topological polar surface area (TPSA) is 66.5 Å². The number of carbonyl (C=O) groups excluding carboxylic acids is 1. The zero-order valence-corrected chi connectivity index (χ0v) is 13.9. The van der Waals surface area contributed by atoms with Gasteiger partial charge in [-0.1, -0.05) is 18.2 Å². The van der Waals surface area contributed by atoms with E-state index >= 15 is 0 Å². The van der Waals surface area contributed by atoms with E-state index in [0.29, 0.717) is 24.2 Å². The molecule has 0 saturated carbocycles. The molecular weight excluding hydrogens is 312 g/mol. The minimum absolute atomic E-state index is 0.251. The molecule has 0 aromatic heterocycles. The molecule has 0 fully saturated rings. The number of benzene rings is 2. The molecule has 3 rings (SSSR count). The maximum atomic E-state index is 12.4. The molecule has 2 aromatic rings. The van der Waals surface area contributed by atoms with Gasteiger partial charge in [-0.3, -0.25) is 9.10 Å². The first-order valence-electron chi connectivity index (χ1n) is 7.33. The van der Waals surface area contributed by atoms with E-state index in [2.05, 4.69) is 5.32 Å². The van der Waals surface area contributed by atoms with Gasteiger partial charge in [0.25, 0.3) is 5.91 Å². The van der Waals surface area contributed by atoms with E-state index in [1.54, 1.807) is 12.1 Å². The fourth-order valence-corrected chi connectivity index (χ4v) is 3.71. The summed E-state index contributed by atoms with van der Waals surface area (Å²) in [6, 6.07) is 12.7. The van der Waals surface area contributed by atoms with Crippen LogP contribution in [0.5, 0.6) is 0 Å². The van der Waals surface area contributed by atoms with Crippen LogP contribution in [0.4, 0.5) is 11.4 Å². The fourth-order valence-electron chi connectivity index (χ4n) is 2.76. The van der Waals surface area contributed by atoms with Gasteiger partial charge in [0.15, 0.2) is 0 Å². The minimum atomic E-state index is -3.32. The fraction of sp³-hybridized carbons (Fsp3) is 0.235. The number of fused-ring (bicyclic) bond motifs is 1. The van der Waals surface area contributed by atoms with Crippen LogP contribution in [0.1, 0.15) is 21.5 Å². The van der Waals surface area contributed by atoms with Gasteiger partial charge < -0.3 is 5.32 Å². The molecule has 1 heterocycles. The Hall–Kier alpha value is -2.34. The van der Waals surface area contributed by atoms with Gasteiger partial charge in [0.2, 0.25) is 10.0 Å². The number of carbonyl (C=O) groups is 1. The van der Waals surface area contributed by atoms with Gasteiger partial charge >= 0.3 is 0 Å². The molecule has 1 N–H and O–H groups in total.